The largest absolute Gasteiger partial charge is 0.346 e. The van der Waals surface area contributed by atoms with Crippen LogP contribution >= 0.6 is 0 Å². The van der Waals surface area contributed by atoms with Gasteiger partial charge in [0.25, 0.3) is 5.91 Å². The lowest BCUT2D eigenvalue weighted by Crippen LogP contribution is -2.25. The molecular weight excluding hydrogens is 252 g/mol. The van der Waals surface area contributed by atoms with E-state index in [-0.39, 0.29) is 12.1 Å². The summed E-state index contributed by atoms with van der Waals surface area (Å²) >= 11 is 0. The highest BCUT2D eigenvalue weighted by Crippen LogP contribution is 2.09. The Hall–Kier alpha value is -2.24. The third kappa shape index (κ3) is 2.96. The van der Waals surface area contributed by atoms with Gasteiger partial charge in [-0.1, -0.05) is 0 Å². The number of aryl methyl sites for hydroxylation is 1. The first-order chi connectivity index (χ1) is 9.11. The van der Waals surface area contributed by atoms with E-state index in [4.69, 9.17) is 0 Å². The van der Waals surface area contributed by atoms with Crippen LogP contribution in [0.2, 0.25) is 0 Å². The summed E-state index contributed by atoms with van der Waals surface area (Å²) in [5.41, 5.74) is 0.641. The quantitative estimate of drug-likeness (QED) is 0.920. The molecule has 0 aliphatic heterocycles. The number of carbonyl (C=O) groups is 1. The van der Waals surface area contributed by atoms with Crippen LogP contribution in [0.5, 0.6) is 0 Å². The van der Waals surface area contributed by atoms with Crippen molar-refractivity contribution in [3.63, 3.8) is 0 Å². The lowest BCUT2D eigenvalue weighted by molar-refractivity contribution is 0.0946. The first-order valence-corrected chi connectivity index (χ1v) is 5.85. The molecule has 0 spiro atoms. The van der Waals surface area contributed by atoms with Crippen LogP contribution in [-0.4, -0.2) is 15.7 Å². The molecule has 0 saturated heterocycles. The zero-order chi connectivity index (χ0) is 13.8. The Labute approximate surface area is 109 Å². The van der Waals surface area contributed by atoms with Crippen molar-refractivity contribution in [1.29, 1.82) is 0 Å². The average molecular weight is 265 g/mol. The van der Waals surface area contributed by atoms with Crippen molar-refractivity contribution in [3.05, 3.63) is 53.4 Å². The van der Waals surface area contributed by atoms with Crippen LogP contribution in [-0.2, 0) is 13.1 Å². The van der Waals surface area contributed by atoms with Crippen molar-refractivity contribution in [1.82, 2.24) is 15.1 Å². The summed E-state index contributed by atoms with van der Waals surface area (Å²) in [6.07, 6.45) is 1.63. The molecule has 2 rings (SSSR count). The van der Waals surface area contributed by atoms with Crippen LogP contribution in [0.4, 0.5) is 8.78 Å². The number of amides is 1. The molecule has 0 atom stereocenters. The van der Waals surface area contributed by atoms with Crippen LogP contribution in [0, 0.1) is 11.6 Å². The van der Waals surface area contributed by atoms with Crippen molar-refractivity contribution in [2.75, 3.05) is 0 Å². The average Bonchev–Trinajstić information content (AvgIpc) is 2.83. The predicted molar refractivity (Wildman–Crippen MR) is 65.4 cm³/mol. The molecule has 0 fully saturated rings. The number of nitrogens with zero attached hydrogens (tertiary/aromatic N) is 2. The first-order valence-electron chi connectivity index (χ1n) is 5.85. The highest BCUT2D eigenvalue weighted by atomic mass is 19.1. The second kappa shape index (κ2) is 5.60. The highest BCUT2D eigenvalue weighted by Gasteiger charge is 2.12. The number of aromatic nitrogens is 2. The molecule has 1 aromatic heterocycles. The molecule has 4 nitrogen and oxygen atoms in total. The molecular formula is C13H13F2N3O. The lowest BCUT2D eigenvalue weighted by Gasteiger charge is -2.07. The van der Waals surface area contributed by atoms with Crippen molar-refractivity contribution in [2.24, 2.45) is 0 Å². The fraction of sp³-hybridized carbons (Fsp3) is 0.231. The van der Waals surface area contributed by atoms with Gasteiger partial charge in [0.05, 0.1) is 17.8 Å². The van der Waals surface area contributed by atoms with Gasteiger partial charge in [0, 0.05) is 18.8 Å². The SMILES string of the molecule is CCn1nccc1CNC(=O)c1ccc(F)cc1F. The van der Waals surface area contributed by atoms with Gasteiger partial charge >= 0.3 is 0 Å². The molecule has 0 bridgehead atoms. The normalized spacial score (nSPS) is 10.5. The summed E-state index contributed by atoms with van der Waals surface area (Å²) in [6, 6.07) is 4.63. The van der Waals surface area contributed by atoms with Gasteiger partial charge in [-0.25, -0.2) is 8.78 Å². The van der Waals surface area contributed by atoms with Gasteiger partial charge in [0.2, 0.25) is 0 Å². The maximum absolute atomic E-state index is 13.4. The summed E-state index contributed by atoms with van der Waals surface area (Å²) in [4.78, 5) is 11.8. The van der Waals surface area contributed by atoms with Crippen LogP contribution < -0.4 is 5.32 Å². The Bertz CT molecular complexity index is 595. The molecule has 19 heavy (non-hydrogen) atoms. The Balaban J connectivity index is 2.05. The predicted octanol–water partition coefficient (Wildman–Crippen LogP) is 2.11. The Morgan fingerprint density at radius 2 is 2.16 bits per heavy atom. The van der Waals surface area contributed by atoms with E-state index in [9.17, 15) is 13.6 Å². The molecule has 0 aliphatic rings. The smallest absolute Gasteiger partial charge is 0.254 e. The van der Waals surface area contributed by atoms with Gasteiger partial charge in [0.1, 0.15) is 11.6 Å². The molecule has 0 unspecified atom stereocenters. The monoisotopic (exact) mass is 265 g/mol. The van der Waals surface area contributed by atoms with Crippen molar-refractivity contribution < 1.29 is 13.6 Å². The van der Waals surface area contributed by atoms with Gasteiger partial charge in [0.15, 0.2) is 0 Å². The van der Waals surface area contributed by atoms with Gasteiger partial charge in [-0.15, -0.1) is 0 Å². The van der Waals surface area contributed by atoms with E-state index in [2.05, 4.69) is 10.4 Å². The van der Waals surface area contributed by atoms with E-state index >= 15 is 0 Å². The molecule has 1 amide bonds. The van der Waals surface area contributed by atoms with E-state index in [1.54, 1.807) is 16.9 Å². The zero-order valence-electron chi connectivity index (χ0n) is 10.4. The van der Waals surface area contributed by atoms with Crippen molar-refractivity contribution >= 4 is 5.91 Å². The first kappa shape index (κ1) is 13.2. The Morgan fingerprint density at radius 1 is 1.37 bits per heavy atom. The van der Waals surface area contributed by atoms with Gasteiger partial charge in [-0.05, 0) is 25.1 Å². The van der Waals surface area contributed by atoms with Gasteiger partial charge in [-0.2, -0.15) is 5.10 Å². The van der Waals surface area contributed by atoms with Crippen LogP contribution in [0.3, 0.4) is 0 Å². The summed E-state index contributed by atoms with van der Waals surface area (Å²) < 4.78 is 27.9. The number of hydrogen-bond acceptors (Lipinski definition) is 2. The third-order valence-corrected chi connectivity index (χ3v) is 2.71. The standard InChI is InChI=1S/C13H13F2N3O/c1-2-18-10(5-6-17-18)8-16-13(19)11-4-3-9(14)7-12(11)15/h3-7H,2,8H2,1H3,(H,16,19). The number of halogens is 2. The lowest BCUT2D eigenvalue weighted by atomic mass is 10.2. The molecule has 0 saturated carbocycles. The summed E-state index contributed by atoms with van der Waals surface area (Å²) in [7, 11) is 0. The molecule has 1 N–H and O–H groups in total. The fourth-order valence-corrected chi connectivity index (χ4v) is 1.73. The van der Waals surface area contributed by atoms with E-state index in [0.29, 0.717) is 12.6 Å². The van der Waals surface area contributed by atoms with Crippen LogP contribution in [0.15, 0.2) is 30.5 Å². The van der Waals surface area contributed by atoms with Crippen LogP contribution in [0.25, 0.3) is 0 Å². The Morgan fingerprint density at radius 3 is 2.84 bits per heavy atom. The maximum atomic E-state index is 13.4. The second-order valence-corrected chi connectivity index (χ2v) is 3.95. The van der Waals surface area contributed by atoms with E-state index in [1.807, 2.05) is 6.92 Å². The minimum absolute atomic E-state index is 0.177. The molecule has 100 valence electrons. The highest BCUT2D eigenvalue weighted by molar-refractivity contribution is 5.94. The van der Waals surface area contributed by atoms with E-state index in [0.717, 1.165) is 17.8 Å². The zero-order valence-corrected chi connectivity index (χ0v) is 10.4. The molecule has 6 heteroatoms. The summed E-state index contributed by atoms with van der Waals surface area (Å²) in [5.74, 6) is -2.17. The minimum atomic E-state index is -0.874. The Kier molecular flexibility index (Phi) is 3.89. The fourth-order valence-electron chi connectivity index (χ4n) is 1.73. The summed E-state index contributed by atoms with van der Waals surface area (Å²) in [6.45, 7) is 2.85. The van der Waals surface area contributed by atoms with E-state index < -0.39 is 17.5 Å². The molecule has 1 aromatic carbocycles. The topological polar surface area (TPSA) is 46.9 Å². The van der Waals surface area contributed by atoms with E-state index in [1.165, 1.54) is 0 Å². The number of rotatable bonds is 4. The number of hydrogen-bond donors (Lipinski definition) is 1. The van der Waals surface area contributed by atoms with Crippen molar-refractivity contribution in [2.45, 2.75) is 20.0 Å². The minimum Gasteiger partial charge on any atom is -0.346 e. The van der Waals surface area contributed by atoms with Gasteiger partial charge < -0.3 is 5.32 Å². The van der Waals surface area contributed by atoms with Gasteiger partial charge in [-0.3, -0.25) is 9.48 Å². The molecule has 0 aliphatic carbocycles. The summed E-state index contributed by atoms with van der Waals surface area (Å²) in [5, 5.41) is 6.63. The molecule has 0 radical (unpaired) electrons. The number of carbonyl (C=O) groups excluding carboxylic acids is 1. The number of benzene rings is 1. The molecule has 1 heterocycles. The second-order valence-electron chi connectivity index (χ2n) is 3.95. The maximum Gasteiger partial charge on any atom is 0.254 e. The molecule has 2 aromatic rings. The third-order valence-electron chi connectivity index (χ3n) is 2.71. The van der Waals surface area contributed by atoms with Crippen molar-refractivity contribution in [3.8, 4) is 0 Å². The number of nitrogens with one attached hydrogen (secondary N) is 1. The van der Waals surface area contributed by atoms with Crippen LogP contribution in [0.1, 0.15) is 23.0 Å².